The number of nitrogens with two attached hydrogens (primary N) is 5. The zero-order valence-electron chi connectivity index (χ0n) is 24.0. The molecule has 0 unspecified atom stereocenters. The van der Waals surface area contributed by atoms with Crippen LogP contribution < -0.4 is 28.7 Å². The van der Waals surface area contributed by atoms with Crippen molar-refractivity contribution in [3.05, 3.63) is 95.1 Å². The van der Waals surface area contributed by atoms with Gasteiger partial charge in [0.05, 0.1) is 0 Å². The molecule has 0 aliphatic carbocycles. The molecule has 6 nitrogen and oxygen atoms in total. The minimum atomic E-state index is 0.628. The standard InChI is InChI=1S/C35H44N6/c36-10-1-15-41-34-22-28(30-18-24(6-11-37)16-25(19-30)7-12-38)2-4-32(34)33-5-3-29(23-35(33)41)31-20-26(8-13-39)17-27(21-31)9-14-40/h2-5,16-23H,1,6-15,36-40H2. The summed E-state index contributed by atoms with van der Waals surface area (Å²) in [5.74, 6) is 0. The van der Waals surface area contributed by atoms with Crippen LogP contribution in [-0.2, 0) is 32.2 Å². The van der Waals surface area contributed by atoms with E-state index in [0.29, 0.717) is 32.7 Å². The first-order valence-electron chi connectivity index (χ1n) is 14.9. The Balaban J connectivity index is 1.66. The second-order valence-corrected chi connectivity index (χ2v) is 11.0. The Bertz CT molecular complexity index is 1470. The van der Waals surface area contributed by atoms with Gasteiger partial charge in [-0.05, 0) is 121 Å². The maximum Gasteiger partial charge on any atom is 0.0497 e. The third-order valence-electron chi connectivity index (χ3n) is 7.96. The molecule has 4 aromatic carbocycles. The maximum absolute atomic E-state index is 6.00. The molecular weight excluding hydrogens is 504 g/mol. The van der Waals surface area contributed by atoms with E-state index in [0.717, 1.165) is 38.6 Å². The van der Waals surface area contributed by atoms with Crippen molar-refractivity contribution in [2.75, 3.05) is 32.7 Å². The Morgan fingerprint density at radius 3 is 1.15 bits per heavy atom. The number of benzene rings is 4. The Morgan fingerprint density at radius 2 is 0.805 bits per heavy atom. The molecule has 0 radical (unpaired) electrons. The summed E-state index contributed by atoms with van der Waals surface area (Å²) in [7, 11) is 0. The topological polar surface area (TPSA) is 135 Å². The SMILES string of the molecule is NCCCn1c2cc(-c3cc(CCN)cc(CCN)c3)ccc2c2ccc(-c3cc(CCN)cc(CCN)c3)cc21. The summed E-state index contributed by atoms with van der Waals surface area (Å²) in [4.78, 5) is 0. The molecule has 0 bridgehead atoms. The molecule has 0 saturated carbocycles. The van der Waals surface area contributed by atoms with Crippen molar-refractivity contribution >= 4 is 21.8 Å². The van der Waals surface area contributed by atoms with Crippen LogP contribution in [0.1, 0.15) is 28.7 Å². The van der Waals surface area contributed by atoms with E-state index in [2.05, 4.69) is 77.4 Å². The molecular formula is C35H44N6. The van der Waals surface area contributed by atoms with Crippen LogP contribution >= 0.6 is 0 Å². The lowest BCUT2D eigenvalue weighted by Gasteiger charge is -2.12. The number of fused-ring (bicyclic) bond motifs is 3. The summed E-state index contributed by atoms with van der Waals surface area (Å²) >= 11 is 0. The molecule has 1 aromatic heterocycles. The fourth-order valence-corrected chi connectivity index (χ4v) is 6.05. The Labute approximate surface area is 243 Å². The molecule has 0 spiro atoms. The molecule has 0 saturated heterocycles. The molecule has 1 heterocycles. The van der Waals surface area contributed by atoms with Crippen molar-refractivity contribution < 1.29 is 0 Å². The predicted octanol–water partition coefficient (Wildman–Crippen LogP) is 4.48. The summed E-state index contributed by atoms with van der Waals surface area (Å²) in [6.45, 7) is 4.02. The molecule has 10 N–H and O–H groups in total. The minimum Gasteiger partial charge on any atom is -0.340 e. The molecule has 5 rings (SSSR count). The lowest BCUT2D eigenvalue weighted by Crippen LogP contribution is -2.06. The van der Waals surface area contributed by atoms with Crippen LogP contribution in [0.2, 0.25) is 0 Å². The number of hydrogen-bond donors (Lipinski definition) is 5. The van der Waals surface area contributed by atoms with Crippen molar-refractivity contribution in [1.82, 2.24) is 4.57 Å². The number of rotatable bonds is 13. The second kappa shape index (κ2) is 13.4. The van der Waals surface area contributed by atoms with Gasteiger partial charge in [-0.1, -0.05) is 60.7 Å². The molecule has 0 amide bonds. The van der Waals surface area contributed by atoms with E-state index < -0.39 is 0 Å². The van der Waals surface area contributed by atoms with Crippen molar-refractivity contribution in [2.45, 2.75) is 38.6 Å². The van der Waals surface area contributed by atoms with E-state index >= 15 is 0 Å². The van der Waals surface area contributed by atoms with E-state index in [1.165, 1.54) is 66.3 Å². The van der Waals surface area contributed by atoms with Crippen molar-refractivity contribution in [1.29, 1.82) is 0 Å². The zero-order chi connectivity index (χ0) is 28.8. The Kier molecular flexibility index (Phi) is 9.49. The number of aromatic nitrogens is 1. The van der Waals surface area contributed by atoms with Gasteiger partial charge in [-0.2, -0.15) is 0 Å². The lowest BCUT2D eigenvalue weighted by molar-refractivity contribution is 0.687. The summed E-state index contributed by atoms with van der Waals surface area (Å²) < 4.78 is 2.44. The smallest absolute Gasteiger partial charge is 0.0497 e. The molecule has 6 heteroatoms. The highest BCUT2D eigenvalue weighted by Gasteiger charge is 2.14. The van der Waals surface area contributed by atoms with Crippen LogP contribution in [0.3, 0.4) is 0 Å². The van der Waals surface area contributed by atoms with E-state index in [1.807, 2.05) is 0 Å². The van der Waals surface area contributed by atoms with E-state index in [-0.39, 0.29) is 0 Å². The van der Waals surface area contributed by atoms with Crippen LogP contribution in [0.25, 0.3) is 44.1 Å². The molecule has 41 heavy (non-hydrogen) atoms. The highest BCUT2D eigenvalue weighted by atomic mass is 15.0. The van der Waals surface area contributed by atoms with Crippen LogP contribution in [0.5, 0.6) is 0 Å². The van der Waals surface area contributed by atoms with E-state index in [4.69, 9.17) is 28.7 Å². The summed E-state index contributed by atoms with van der Waals surface area (Å²) in [5, 5.41) is 2.52. The molecule has 214 valence electrons. The first-order valence-corrected chi connectivity index (χ1v) is 14.9. The largest absolute Gasteiger partial charge is 0.340 e. The molecule has 0 atom stereocenters. The monoisotopic (exact) mass is 548 g/mol. The van der Waals surface area contributed by atoms with Gasteiger partial charge in [0.1, 0.15) is 0 Å². The van der Waals surface area contributed by atoms with E-state index in [1.54, 1.807) is 0 Å². The normalized spacial score (nSPS) is 11.6. The molecule has 0 aliphatic heterocycles. The lowest BCUT2D eigenvalue weighted by atomic mass is 9.95. The average Bonchev–Trinajstić information content (AvgIpc) is 3.28. The number of hydrogen-bond acceptors (Lipinski definition) is 5. The van der Waals surface area contributed by atoms with Gasteiger partial charge in [0.2, 0.25) is 0 Å². The zero-order valence-corrected chi connectivity index (χ0v) is 24.0. The van der Waals surface area contributed by atoms with Gasteiger partial charge < -0.3 is 33.2 Å². The molecule has 0 aliphatic rings. The fourth-order valence-electron chi connectivity index (χ4n) is 6.05. The third-order valence-corrected chi connectivity index (χ3v) is 7.96. The predicted molar refractivity (Wildman–Crippen MR) is 175 cm³/mol. The van der Waals surface area contributed by atoms with Crippen molar-refractivity contribution in [3.63, 3.8) is 0 Å². The Hall–Kier alpha value is -3.52. The van der Waals surface area contributed by atoms with Gasteiger partial charge >= 0.3 is 0 Å². The summed E-state index contributed by atoms with van der Waals surface area (Å²) in [6.07, 6.45) is 4.32. The van der Waals surface area contributed by atoms with Gasteiger partial charge in [0.25, 0.3) is 0 Å². The third kappa shape index (κ3) is 6.38. The van der Waals surface area contributed by atoms with Gasteiger partial charge in [-0.15, -0.1) is 0 Å². The number of nitrogens with zero attached hydrogens (tertiary/aromatic N) is 1. The first kappa shape index (κ1) is 29.0. The number of aryl methyl sites for hydroxylation is 1. The van der Waals surface area contributed by atoms with Crippen molar-refractivity contribution in [2.24, 2.45) is 28.7 Å². The molecule has 0 fully saturated rings. The van der Waals surface area contributed by atoms with Gasteiger partial charge in [-0.25, -0.2) is 0 Å². The van der Waals surface area contributed by atoms with Crippen LogP contribution in [0.15, 0.2) is 72.8 Å². The summed E-state index contributed by atoms with van der Waals surface area (Å²) in [5.41, 5.74) is 41.9. The highest BCUT2D eigenvalue weighted by molar-refractivity contribution is 6.10. The van der Waals surface area contributed by atoms with Gasteiger partial charge in [0.15, 0.2) is 0 Å². The average molecular weight is 549 g/mol. The highest BCUT2D eigenvalue weighted by Crippen LogP contribution is 2.36. The Morgan fingerprint density at radius 1 is 0.415 bits per heavy atom. The maximum atomic E-state index is 6.00. The first-order chi connectivity index (χ1) is 20.1. The van der Waals surface area contributed by atoms with Crippen LogP contribution in [0.4, 0.5) is 0 Å². The minimum absolute atomic E-state index is 0.628. The van der Waals surface area contributed by atoms with Gasteiger partial charge in [0, 0.05) is 28.4 Å². The van der Waals surface area contributed by atoms with Crippen LogP contribution in [-0.4, -0.2) is 37.3 Å². The summed E-state index contributed by atoms with van der Waals surface area (Å²) in [6, 6.07) is 27.2. The quantitative estimate of drug-likeness (QED) is 0.148. The fraction of sp³-hybridized carbons (Fsp3) is 0.314. The molecule has 5 aromatic rings. The second-order valence-electron chi connectivity index (χ2n) is 11.0. The van der Waals surface area contributed by atoms with Crippen molar-refractivity contribution in [3.8, 4) is 22.3 Å². The van der Waals surface area contributed by atoms with Crippen LogP contribution in [0, 0.1) is 0 Å². The van der Waals surface area contributed by atoms with Gasteiger partial charge in [-0.3, -0.25) is 0 Å². The van der Waals surface area contributed by atoms with E-state index in [9.17, 15) is 0 Å².